The van der Waals surface area contributed by atoms with Gasteiger partial charge in [-0.2, -0.15) is 5.10 Å². The van der Waals surface area contributed by atoms with Gasteiger partial charge in [-0.3, -0.25) is 0 Å². The van der Waals surface area contributed by atoms with Crippen LogP contribution in [-0.2, 0) is 21.8 Å². The van der Waals surface area contributed by atoms with Crippen molar-refractivity contribution in [1.82, 2.24) is 25.0 Å². The molecule has 3 heterocycles. The minimum Gasteiger partial charge on any atom is -0.491 e. The Kier molecular flexibility index (Phi) is 12.0. The Balaban J connectivity index is 0.978. The molecule has 1 aromatic heterocycles. The van der Waals surface area contributed by atoms with Crippen molar-refractivity contribution < 1.29 is 19.0 Å². The van der Waals surface area contributed by atoms with Crippen LogP contribution >= 0.6 is 23.2 Å². The first-order valence-electron chi connectivity index (χ1n) is 17.0. The minimum absolute atomic E-state index is 0.0787. The van der Waals surface area contributed by atoms with Crippen molar-refractivity contribution in [1.29, 1.82) is 0 Å². The highest BCUT2D eigenvalue weighted by molar-refractivity contribution is 6.35. The third-order valence-corrected chi connectivity index (χ3v) is 9.46. The van der Waals surface area contributed by atoms with Crippen LogP contribution < -0.4 is 25.2 Å². The molecule has 2 fully saturated rings. The van der Waals surface area contributed by atoms with Crippen molar-refractivity contribution in [2.75, 3.05) is 80.7 Å². The molecule has 2 saturated heterocycles. The molecule has 6 rings (SSSR count). The molecule has 2 aliphatic rings. The summed E-state index contributed by atoms with van der Waals surface area (Å²) in [5.41, 5.74) is 3.76. The Labute approximate surface area is 303 Å². The van der Waals surface area contributed by atoms with Gasteiger partial charge < -0.3 is 39.5 Å². The first-order valence-corrected chi connectivity index (χ1v) is 17.8. The van der Waals surface area contributed by atoms with Crippen LogP contribution in [0.2, 0.25) is 10.0 Å². The van der Waals surface area contributed by atoms with E-state index in [1.807, 2.05) is 37.3 Å². The molecule has 2 N–H and O–H groups in total. The summed E-state index contributed by atoms with van der Waals surface area (Å²) in [5.74, 6) is -0.406. The molecule has 0 radical (unpaired) electrons. The second-order valence-corrected chi connectivity index (χ2v) is 13.1. The monoisotopic (exact) mass is 722 g/mol. The maximum atomic E-state index is 12.7. The molecular weight excluding hydrogens is 679 g/mol. The van der Waals surface area contributed by atoms with Gasteiger partial charge in [0.05, 0.1) is 11.6 Å². The number of nitrogens with zero attached hydrogens (tertiary/aromatic N) is 6. The van der Waals surface area contributed by atoms with Crippen LogP contribution in [0.1, 0.15) is 19.4 Å². The number of hydrogen-bond donors (Lipinski definition) is 2. The first kappa shape index (κ1) is 35.7. The van der Waals surface area contributed by atoms with Gasteiger partial charge in [0.1, 0.15) is 37.7 Å². The van der Waals surface area contributed by atoms with Crippen LogP contribution in [0.5, 0.6) is 5.75 Å². The van der Waals surface area contributed by atoms with Gasteiger partial charge in [-0.1, -0.05) is 36.2 Å². The number of hydrogen-bond acceptors (Lipinski definition) is 9. The summed E-state index contributed by atoms with van der Waals surface area (Å²) in [6, 6.07) is 21.4. The fourth-order valence-electron chi connectivity index (χ4n) is 6.20. The minimum atomic E-state index is -1.16. The number of urea groups is 1. The van der Waals surface area contributed by atoms with E-state index in [4.69, 9.17) is 37.4 Å². The topological polar surface area (TPSA) is 109 Å². The number of carbonyl (C=O) groups excluding carboxylic acids is 1. The molecule has 0 spiro atoms. The molecule has 12 nitrogen and oxygen atoms in total. The third-order valence-electron chi connectivity index (χ3n) is 8.92. The molecule has 266 valence electrons. The Morgan fingerprint density at radius 2 is 1.70 bits per heavy atom. The Hall–Kier alpha value is -4.07. The van der Waals surface area contributed by atoms with E-state index in [2.05, 4.69) is 61.7 Å². The first-order chi connectivity index (χ1) is 24.4. The van der Waals surface area contributed by atoms with Gasteiger partial charge in [0.2, 0.25) is 5.79 Å². The van der Waals surface area contributed by atoms with E-state index in [1.54, 1.807) is 28.0 Å². The summed E-state index contributed by atoms with van der Waals surface area (Å²) < 4.78 is 20.5. The largest absolute Gasteiger partial charge is 0.491 e. The van der Waals surface area contributed by atoms with E-state index >= 15 is 0 Å². The lowest BCUT2D eigenvalue weighted by atomic mass is 10.1. The number of halogens is 2. The second kappa shape index (κ2) is 16.8. The zero-order chi connectivity index (χ0) is 34.9. The van der Waals surface area contributed by atoms with Crippen molar-refractivity contribution in [2.24, 2.45) is 0 Å². The summed E-state index contributed by atoms with van der Waals surface area (Å²) in [7, 11) is 0. The Bertz CT molecular complexity index is 1670. The molecule has 4 aromatic rings. The van der Waals surface area contributed by atoms with Crippen LogP contribution in [-0.4, -0.2) is 97.4 Å². The van der Waals surface area contributed by atoms with Crippen LogP contribution in [0.4, 0.5) is 21.9 Å². The number of ether oxygens (including phenoxy) is 3. The van der Waals surface area contributed by atoms with Crippen molar-refractivity contribution in [3.05, 3.63) is 95.0 Å². The number of benzene rings is 3. The fraction of sp³-hybridized carbons (Fsp3) is 0.417. The number of aromatic nitrogens is 3. The molecule has 0 bridgehead atoms. The van der Waals surface area contributed by atoms with Gasteiger partial charge in [0.15, 0.2) is 0 Å². The van der Waals surface area contributed by atoms with Crippen molar-refractivity contribution >= 4 is 46.3 Å². The number of likely N-dealkylation sites (N-methyl/N-ethyl adjacent to an activating group) is 2. The molecule has 2 amide bonds. The van der Waals surface area contributed by atoms with Crippen molar-refractivity contribution in [2.45, 2.75) is 32.3 Å². The lowest BCUT2D eigenvalue weighted by Crippen LogP contribution is -2.46. The molecule has 2 atom stereocenters. The van der Waals surface area contributed by atoms with Crippen molar-refractivity contribution in [3.63, 3.8) is 0 Å². The lowest BCUT2D eigenvalue weighted by Gasteiger charge is -2.37. The number of carbonyl (C=O) groups is 1. The summed E-state index contributed by atoms with van der Waals surface area (Å²) in [5, 5.41) is 11.5. The van der Waals surface area contributed by atoms with Crippen LogP contribution in [0.25, 0.3) is 0 Å². The SMILES string of the molecule is CCNCCN(CC)C(=O)Nc1ccc(N2CCN(c3ccc(OCC4COC(Cn5cncn5)(c5ccc(Cl)cc5Cl)O4)cc3)CC2)cc1. The van der Waals surface area contributed by atoms with Gasteiger partial charge in [0, 0.05) is 73.5 Å². The summed E-state index contributed by atoms with van der Waals surface area (Å²) in [6.45, 7) is 11.5. The number of piperazine rings is 1. The van der Waals surface area contributed by atoms with E-state index in [-0.39, 0.29) is 18.7 Å². The summed E-state index contributed by atoms with van der Waals surface area (Å²) in [6.07, 6.45) is 2.74. The summed E-state index contributed by atoms with van der Waals surface area (Å²) in [4.78, 5) is 23.3. The smallest absolute Gasteiger partial charge is 0.321 e. The molecule has 2 aliphatic heterocycles. The molecule has 50 heavy (non-hydrogen) atoms. The predicted molar refractivity (Wildman–Crippen MR) is 197 cm³/mol. The molecule has 2 unspecified atom stereocenters. The van der Waals surface area contributed by atoms with E-state index < -0.39 is 5.79 Å². The van der Waals surface area contributed by atoms with Gasteiger partial charge in [0.25, 0.3) is 0 Å². The molecule has 0 aliphatic carbocycles. The number of rotatable bonds is 14. The van der Waals surface area contributed by atoms with Crippen LogP contribution in [0.3, 0.4) is 0 Å². The quantitative estimate of drug-likeness (QED) is 0.158. The van der Waals surface area contributed by atoms with Crippen molar-refractivity contribution in [3.8, 4) is 5.75 Å². The van der Waals surface area contributed by atoms with Gasteiger partial charge >= 0.3 is 6.03 Å². The van der Waals surface area contributed by atoms with E-state index in [1.165, 1.54) is 6.33 Å². The van der Waals surface area contributed by atoms with Gasteiger partial charge in [-0.15, -0.1) is 0 Å². The zero-order valence-corrected chi connectivity index (χ0v) is 29.9. The number of nitrogens with one attached hydrogen (secondary N) is 2. The maximum absolute atomic E-state index is 12.7. The van der Waals surface area contributed by atoms with E-state index in [0.717, 1.165) is 62.1 Å². The van der Waals surface area contributed by atoms with Gasteiger partial charge in [-0.05, 0) is 74.1 Å². The molecule has 3 aromatic carbocycles. The highest BCUT2D eigenvalue weighted by atomic mass is 35.5. The highest BCUT2D eigenvalue weighted by Gasteiger charge is 2.45. The van der Waals surface area contributed by atoms with E-state index in [9.17, 15) is 4.79 Å². The van der Waals surface area contributed by atoms with Crippen LogP contribution in [0, 0.1) is 0 Å². The maximum Gasteiger partial charge on any atom is 0.321 e. The second-order valence-electron chi connectivity index (χ2n) is 12.2. The lowest BCUT2D eigenvalue weighted by molar-refractivity contribution is -0.190. The molecule has 14 heteroatoms. The number of anilines is 3. The third kappa shape index (κ3) is 8.80. The standard InChI is InChI=1S/C36H44Cl2N8O4/c1-3-39-15-16-43(4-2)35(47)42-28-6-8-29(9-7-28)44-17-19-45(20-18-44)30-10-12-31(13-11-30)48-22-32-23-49-36(50-32,24-46-26-40-25-41-46)33-14-5-27(37)21-34(33)38/h5-14,21,25-26,32,39H,3-4,15-20,22-24H2,1-2H3,(H,42,47). The van der Waals surface area contributed by atoms with Gasteiger partial charge in [-0.25, -0.2) is 14.5 Å². The Morgan fingerprint density at radius 1 is 1.00 bits per heavy atom. The fourth-order valence-corrected chi connectivity index (χ4v) is 6.75. The highest BCUT2D eigenvalue weighted by Crippen LogP contribution is 2.40. The summed E-state index contributed by atoms with van der Waals surface area (Å²) >= 11 is 12.7. The average molecular weight is 724 g/mol. The predicted octanol–water partition coefficient (Wildman–Crippen LogP) is 5.72. The average Bonchev–Trinajstić information content (AvgIpc) is 3.80. The Morgan fingerprint density at radius 3 is 2.32 bits per heavy atom. The zero-order valence-electron chi connectivity index (χ0n) is 28.4. The molecule has 0 saturated carbocycles. The molecular formula is C36H44Cl2N8O4. The van der Waals surface area contributed by atoms with Crippen LogP contribution in [0.15, 0.2) is 79.4 Å². The normalized spacial score (nSPS) is 19.1. The van der Waals surface area contributed by atoms with E-state index in [0.29, 0.717) is 41.9 Å². The number of amides is 2.